The lowest BCUT2D eigenvalue weighted by Gasteiger charge is -2.35. The van der Waals surface area contributed by atoms with Gasteiger partial charge in [0.1, 0.15) is 17.5 Å². The Labute approximate surface area is 185 Å². The molecule has 8 heteroatoms. The summed E-state index contributed by atoms with van der Waals surface area (Å²) in [6.45, 7) is 7.49. The first kappa shape index (κ1) is 22.6. The van der Waals surface area contributed by atoms with Crippen molar-refractivity contribution in [2.75, 3.05) is 32.4 Å². The van der Waals surface area contributed by atoms with Crippen LogP contribution in [0.15, 0.2) is 35.3 Å². The van der Waals surface area contributed by atoms with Gasteiger partial charge in [0.25, 0.3) is 0 Å². The van der Waals surface area contributed by atoms with Crippen LogP contribution in [0.4, 0.5) is 5.82 Å². The van der Waals surface area contributed by atoms with E-state index in [0.717, 1.165) is 56.2 Å². The number of nitrogens with one attached hydrogen (secondary N) is 2. The number of benzene rings is 1. The number of piperidine rings is 1. The first-order valence-electron chi connectivity index (χ1n) is 11.1. The number of para-hydroxylation sites is 1. The largest absolute Gasteiger partial charge is 0.382 e. The molecule has 3 rings (SSSR count). The average molecular weight is 423 g/mol. The number of guanidine groups is 1. The number of nitrogens with zero attached hydrogens (tertiary/aromatic N) is 5. The molecule has 1 aliphatic heterocycles. The van der Waals surface area contributed by atoms with Crippen LogP contribution in [0, 0.1) is 11.3 Å². The predicted molar refractivity (Wildman–Crippen MR) is 125 cm³/mol. The van der Waals surface area contributed by atoms with E-state index in [2.05, 4.69) is 45.5 Å². The molecule has 2 heterocycles. The van der Waals surface area contributed by atoms with E-state index in [1.165, 1.54) is 0 Å². The Kier molecular flexibility index (Phi) is 7.90. The van der Waals surface area contributed by atoms with Gasteiger partial charge in [-0.2, -0.15) is 10.4 Å². The summed E-state index contributed by atoms with van der Waals surface area (Å²) in [6, 6.07) is 12.9. The number of anilines is 1. The van der Waals surface area contributed by atoms with Crippen molar-refractivity contribution in [1.29, 1.82) is 5.26 Å². The summed E-state index contributed by atoms with van der Waals surface area (Å²) < 4.78 is 1.64. The van der Waals surface area contributed by atoms with Gasteiger partial charge in [0, 0.05) is 38.8 Å². The van der Waals surface area contributed by atoms with Gasteiger partial charge in [-0.05, 0) is 51.7 Å². The van der Waals surface area contributed by atoms with Crippen LogP contribution in [-0.4, -0.2) is 59.4 Å². The van der Waals surface area contributed by atoms with Gasteiger partial charge in [-0.25, -0.2) is 4.68 Å². The molecule has 8 nitrogen and oxygen atoms in total. The van der Waals surface area contributed by atoms with Gasteiger partial charge in [0.05, 0.1) is 11.4 Å². The van der Waals surface area contributed by atoms with Crippen molar-refractivity contribution >= 4 is 11.8 Å². The van der Waals surface area contributed by atoms with E-state index in [1.807, 2.05) is 30.3 Å². The fourth-order valence-electron chi connectivity index (χ4n) is 3.95. The van der Waals surface area contributed by atoms with Crippen molar-refractivity contribution in [1.82, 2.24) is 25.3 Å². The number of aromatic nitrogens is 2. The minimum atomic E-state index is 0.391. The van der Waals surface area contributed by atoms with Gasteiger partial charge in [0.2, 0.25) is 0 Å². The number of nitrogen functional groups attached to an aromatic ring is 1. The first-order valence-corrected chi connectivity index (χ1v) is 11.1. The Morgan fingerprint density at radius 3 is 2.61 bits per heavy atom. The summed E-state index contributed by atoms with van der Waals surface area (Å²) in [5.74, 6) is 1.22. The molecule has 0 aliphatic carbocycles. The molecule has 0 amide bonds. The van der Waals surface area contributed by atoms with Crippen LogP contribution in [0.3, 0.4) is 0 Å². The highest BCUT2D eigenvalue weighted by atomic mass is 15.3. The molecule has 1 fully saturated rings. The zero-order valence-corrected chi connectivity index (χ0v) is 18.8. The Balaban J connectivity index is 1.49. The maximum atomic E-state index is 9.55. The van der Waals surface area contributed by atoms with Crippen LogP contribution in [0.5, 0.6) is 0 Å². The maximum absolute atomic E-state index is 9.55. The molecule has 1 saturated heterocycles. The third-order valence-electron chi connectivity index (χ3n) is 5.81. The van der Waals surface area contributed by atoms with E-state index in [4.69, 9.17) is 5.73 Å². The third-order valence-corrected chi connectivity index (χ3v) is 5.81. The Bertz CT molecular complexity index is 902. The van der Waals surface area contributed by atoms with Crippen LogP contribution in [0.1, 0.15) is 44.4 Å². The second kappa shape index (κ2) is 10.8. The van der Waals surface area contributed by atoms with Crippen molar-refractivity contribution in [3.8, 4) is 11.8 Å². The number of hydrogen-bond donors (Lipinski definition) is 3. The summed E-state index contributed by atoms with van der Waals surface area (Å²) in [5, 5.41) is 21.1. The van der Waals surface area contributed by atoms with Gasteiger partial charge in [-0.1, -0.05) is 18.2 Å². The average Bonchev–Trinajstić information content (AvgIpc) is 3.11. The number of likely N-dealkylation sites (tertiary alicyclic amines) is 1. The normalized spacial score (nSPS) is 15.8. The summed E-state index contributed by atoms with van der Waals surface area (Å²) in [6.07, 6.45) is 3.75. The standard InChI is InChI=1S/C23H34N8/c1-17(2)30-14-11-18(12-15-30)28-23(26-3)27-13-7-10-21-20(16-24)22(25)31(29-21)19-8-5-4-6-9-19/h4-6,8-9,17-18H,7,10-15,25H2,1-3H3,(H2,26,27,28). The first-order chi connectivity index (χ1) is 15.0. The van der Waals surface area contributed by atoms with Crippen molar-refractivity contribution in [3.63, 3.8) is 0 Å². The van der Waals surface area contributed by atoms with E-state index in [9.17, 15) is 5.26 Å². The third kappa shape index (κ3) is 5.76. The van der Waals surface area contributed by atoms with E-state index < -0.39 is 0 Å². The highest BCUT2D eigenvalue weighted by Gasteiger charge is 2.21. The molecule has 0 bridgehead atoms. The predicted octanol–water partition coefficient (Wildman–Crippen LogP) is 2.30. The molecule has 0 spiro atoms. The van der Waals surface area contributed by atoms with E-state index >= 15 is 0 Å². The molecule has 4 N–H and O–H groups in total. The summed E-state index contributed by atoms with van der Waals surface area (Å²) in [4.78, 5) is 6.88. The monoisotopic (exact) mass is 422 g/mol. The molecule has 2 aromatic rings. The molecule has 1 aliphatic rings. The highest BCUT2D eigenvalue weighted by molar-refractivity contribution is 5.79. The Hall–Kier alpha value is -3.05. The lowest BCUT2D eigenvalue weighted by Crippen LogP contribution is -2.50. The van der Waals surface area contributed by atoms with Gasteiger partial charge in [-0.3, -0.25) is 4.99 Å². The minimum absolute atomic E-state index is 0.391. The van der Waals surface area contributed by atoms with Crippen molar-refractivity contribution < 1.29 is 0 Å². The van der Waals surface area contributed by atoms with E-state index in [0.29, 0.717) is 29.9 Å². The minimum Gasteiger partial charge on any atom is -0.382 e. The van der Waals surface area contributed by atoms with Crippen LogP contribution in [0.2, 0.25) is 0 Å². The molecule has 0 atom stereocenters. The number of aryl methyl sites for hydroxylation is 1. The van der Waals surface area contributed by atoms with Gasteiger partial charge >= 0.3 is 0 Å². The van der Waals surface area contributed by atoms with Crippen molar-refractivity contribution in [2.24, 2.45) is 4.99 Å². The molecular formula is C23H34N8. The van der Waals surface area contributed by atoms with Crippen LogP contribution in [0.25, 0.3) is 5.69 Å². The fourth-order valence-corrected chi connectivity index (χ4v) is 3.95. The fraction of sp³-hybridized carbons (Fsp3) is 0.522. The lowest BCUT2D eigenvalue weighted by molar-refractivity contribution is 0.167. The summed E-state index contributed by atoms with van der Waals surface area (Å²) >= 11 is 0. The molecule has 166 valence electrons. The molecule has 1 aromatic heterocycles. The zero-order valence-electron chi connectivity index (χ0n) is 18.8. The number of nitriles is 1. The maximum Gasteiger partial charge on any atom is 0.191 e. The molecule has 0 radical (unpaired) electrons. The van der Waals surface area contributed by atoms with Crippen molar-refractivity contribution in [3.05, 3.63) is 41.6 Å². The van der Waals surface area contributed by atoms with Crippen LogP contribution < -0.4 is 16.4 Å². The quantitative estimate of drug-likeness (QED) is 0.359. The highest BCUT2D eigenvalue weighted by Crippen LogP contribution is 2.21. The number of hydrogen-bond acceptors (Lipinski definition) is 5. The number of aliphatic imine (C=N–C) groups is 1. The Morgan fingerprint density at radius 2 is 2.00 bits per heavy atom. The second-order valence-electron chi connectivity index (χ2n) is 8.22. The zero-order chi connectivity index (χ0) is 22.2. The van der Waals surface area contributed by atoms with Crippen LogP contribution in [-0.2, 0) is 6.42 Å². The summed E-state index contributed by atoms with van der Waals surface area (Å²) in [7, 11) is 1.80. The number of nitrogens with two attached hydrogens (primary N) is 1. The van der Waals surface area contributed by atoms with Gasteiger partial charge in [0.15, 0.2) is 5.96 Å². The summed E-state index contributed by atoms with van der Waals surface area (Å²) in [5.41, 5.74) is 8.23. The molecule has 1 aromatic carbocycles. The molecule has 0 saturated carbocycles. The second-order valence-corrected chi connectivity index (χ2v) is 8.22. The lowest BCUT2D eigenvalue weighted by atomic mass is 10.0. The van der Waals surface area contributed by atoms with E-state index in [-0.39, 0.29) is 0 Å². The smallest absolute Gasteiger partial charge is 0.191 e. The van der Waals surface area contributed by atoms with Gasteiger partial charge in [-0.15, -0.1) is 0 Å². The van der Waals surface area contributed by atoms with Crippen LogP contribution >= 0.6 is 0 Å². The molecule has 31 heavy (non-hydrogen) atoms. The van der Waals surface area contributed by atoms with E-state index in [1.54, 1.807) is 11.7 Å². The van der Waals surface area contributed by atoms with Crippen molar-refractivity contribution in [2.45, 2.75) is 51.6 Å². The molecular weight excluding hydrogens is 388 g/mol. The van der Waals surface area contributed by atoms with Gasteiger partial charge < -0.3 is 21.3 Å². The Morgan fingerprint density at radius 1 is 1.29 bits per heavy atom. The topological polar surface area (TPSA) is 107 Å². The number of rotatable bonds is 7. The SMILES string of the molecule is CN=C(NCCCc1nn(-c2ccccc2)c(N)c1C#N)NC1CCN(C(C)C)CC1. The molecule has 0 unspecified atom stereocenters.